The van der Waals surface area contributed by atoms with Gasteiger partial charge in [0.05, 0.1) is 5.69 Å². The van der Waals surface area contributed by atoms with Crippen LogP contribution >= 0.6 is 0 Å². The Balaban J connectivity index is 2.57. The summed E-state index contributed by atoms with van der Waals surface area (Å²) in [6.07, 6.45) is 6.39. The molecule has 0 saturated heterocycles. The van der Waals surface area contributed by atoms with Crippen LogP contribution in [0.1, 0.15) is 24.0 Å². The molecule has 1 aliphatic rings. The molecule has 0 saturated carbocycles. The molecular weight excluding hydrogens is 164 g/mol. The van der Waals surface area contributed by atoms with Crippen LogP contribution in [0.15, 0.2) is 16.9 Å². The number of hydrogen-bond acceptors (Lipinski definition) is 2. The van der Waals surface area contributed by atoms with Gasteiger partial charge in [0.1, 0.15) is 5.82 Å². The van der Waals surface area contributed by atoms with Gasteiger partial charge in [0, 0.05) is 18.4 Å². The van der Waals surface area contributed by atoms with Gasteiger partial charge in [-0.25, -0.2) is 4.98 Å². The van der Waals surface area contributed by atoms with E-state index in [1.165, 1.54) is 0 Å². The molecule has 0 aromatic carbocycles. The summed E-state index contributed by atoms with van der Waals surface area (Å²) in [6, 6.07) is 0. The van der Waals surface area contributed by atoms with Gasteiger partial charge in [-0.2, -0.15) is 0 Å². The summed E-state index contributed by atoms with van der Waals surface area (Å²) in [4.78, 5) is 18.7. The predicted octanol–water partition coefficient (Wildman–Crippen LogP) is 0.987. The highest BCUT2D eigenvalue weighted by molar-refractivity contribution is 5.26. The number of aromatic nitrogens is 2. The molecule has 1 aliphatic carbocycles. The van der Waals surface area contributed by atoms with Crippen LogP contribution < -0.4 is 5.56 Å². The zero-order chi connectivity index (χ0) is 9.26. The number of allylic oxidation sites excluding steroid dienone is 2. The number of nitrogens with one attached hydrogen (secondary N) is 1. The standard InChI is InChI=1S/C10H12N2O/c1-2-9-11-8-6-4-3-5-7(8)10(13)12-9/h3-4H,2,5-6H2,1H3,(H,11,12,13). The highest BCUT2D eigenvalue weighted by Gasteiger charge is 2.11. The Labute approximate surface area is 76.5 Å². The van der Waals surface area contributed by atoms with Gasteiger partial charge in [0.25, 0.3) is 5.56 Å². The zero-order valence-electron chi connectivity index (χ0n) is 7.63. The van der Waals surface area contributed by atoms with Crippen LogP contribution in [-0.4, -0.2) is 9.97 Å². The average Bonchev–Trinajstić information content (AvgIpc) is 2.18. The second-order valence-electron chi connectivity index (χ2n) is 3.17. The minimum Gasteiger partial charge on any atom is -0.310 e. The van der Waals surface area contributed by atoms with Crippen molar-refractivity contribution in [2.24, 2.45) is 0 Å². The lowest BCUT2D eigenvalue weighted by atomic mass is 10.0. The van der Waals surface area contributed by atoms with Crippen LogP contribution in [0.5, 0.6) is 0 Å². The van der Waals surface area contributed by atoms with Crippen LogP contribution in [0.2, 0.25) is 0 Å². The predicted molar refractivity (Wildman–Crippen MR) is 50.8 cm³/mol. The van der Waals surface area contributed by atoms with Gasteiger partial charge in [-0.05, 0) is 6.42 Å². The number of hydrogen-bond donors (Lipinski definition) is 1. The lowest BCUT2D eigenvalue weighted by Crippen LogP contribution is -2.21. The number of H-pyrrole nitrogens is 1. The Hall–Kier alpha value is -1.38. The topological polar surface area (TPSA) is 45.8 Å². The normalized spacial score (nSPS) is 14.2. The Kier molecular flexibility index (Phi) is 2.00. The number of fused-ring (bicyclic) bond motifs is 1. The van der Waals surface area contributed by atoms with Crippen molar-refractivity contribution in [1.82, 2.24) is 9.97 Å². The Morgan fingerprint density at radius 2 is 2.23 bits per heavy atom. The maximum absolute atomic E-state index is 11.5. The Bertz CT molecular complexity index is 404. The van der Waals surface area contributed by atoms with Gasteiger partial charge in [-0.15, -0.1) is 0 Å². The van der Waals surface area contributed by atoms with Crippen LogP contribution in [0.4, 0.5) is 0 Å². The molecule has 13 heavy (non-hydrogen) atoms. The van der Waals surface area contributed by atoms with Crippen LogP contribution in [0.25, 0.3) is 0 Å². The van der Waals surface area contributed by atoms with E-state index in [-0.39, 0.29) is 5.56 Å². The number of aromatic amines is 1. The van der Waals surface area contributed by atoms with E-state index in [1.807, 2.05) is 13.0 Å². The summed E-state index contributed by atoms with van der Waals surface area (Å²) in [7, 11) is 0. The van der Waals surface area contributed by atoms with Gasteiger partial charge >= 0.3 is 0 Å². The highest BCUT2D eigenvalue weighted by atomic mass is 16.1. The molecule has 0 aliphatic heterocycles. The lowest BCUT2D eigenvalue weighted by molar-refractivity contribution is 0.847. The fourth-order valence-corrected chi connectivity index (χ4v) is 1.54. The van der Waals surface area contributed by atoms with Gasteiger partial charge in [0.2, 0.25) is 0 Å². The fraction of sp³-hybridized carbons (Fsp3) is 0.400. The van der Waals surface area contributed by atoms with Crippen molar-refractivity contribution in [2.75, 3.05) is 0 Å². The van der Waals surface area contributed by atoms with Crippen molar-refractivity contribution in [3.8, 4) is 0 Å². The Morgan fingerprint density at radius 3 is 3.00 bits per heavy atom. The van der Waals surface area contributed by atoms with Gasteiger partial charge in [-0.3, -0.25) is 4.79 Å². The minimum atomic E-state index is 0.0335. The van der Waals surface area contributed by atoms with Crippen molar-refractivity contribution >= 4 is 0 Å². The first-order valence-electron chi connectivity index (χ1n) is 4.57. The van der Waals surface area contributed by atoms with Gasteiger partial charge < -0.3 is 4.98 Å². The van der Waals surface area contributed by atoms with Gasteiger partial charge in [-0.1, -0.05) is 19.1 Å². The first kappa shape index (κ1) is 8.23. The monoisotopic (exact) mass is 176 g/mol. The van der Waals surface area contributed by atoms with Crippen molar-refractivity contribution in [3.05, 3.63) is 39.6 Å². The van der Waals surface area contributed by atoms with E-state index in [9.17, 15) is 4.79 Å². The molecular formula is C10H12N2O. The molecule has 68 valence electrons. The summed E-state index contributed by atoms with van der Waals surface area (Å²) < 4.78 is 0. The molecule has 0 radical (unpaired) electrons. The molecule has 2 rings (SSSR count). The molecule has 1 N–H and O–H groups in total. The van der Waals surface area contributed by atoms with Crippen LogP contribution in [0, 0.1) is 0 Å². The molecule has 3 heteroatoms. The minimum absolute atomic E-state index is 0.0335. The molecule has 0 fully saturated rings. The molecule has 0 bridgehead atoms. The van der Waals surface area contributed by atoms with Crippen LogP contribution in [0.3, 0.4) is 0 Å². The summed E-state index contributed by atoms with van der Waals surface area (Å²) in [5.74, 6) is 0.791. The number of rotatable bonds is 1. The fourth-order valence-electron chi connectivity index (χ4n) is 1.54. The van der Waals surface area contributed by atoms with E-state index in [0.29, 0.717) is 0 Å². The van der Waals surface area contributed by atoms with E-state index >= 15 is 0 Å². The first-order valence-corrected chi connectivity index (χ1v) is 4.57. The zero-order valence-corrected chi connectivity index (χ0v) is 7.63. The van der Waals surface area contributed by atoms with Crippen molar-refractivity contribution < 1.29 is 0 Å². The van der Waals surface area contributed by atoms with E-state index in [2.05, 4.69) is 16.0 Å². The van der Waals surface area contributed by atoms with Crippen LogP contribution in [-0.2, 0) is 19.3 Å². The summed E-state index contributed by atoms with van der Waals surface area (Å²) in [5.41, 5.74) is 1.81. The lowest BCUT2D eigenvalue weighted by Gasteiger charge is -2.09. The highest BCUT2D eigenvalue weighted by Crippen LogP contribution is 2.09. The largest absolute Gasteiger partial charge is 0.310 e. The maximum Gasteiger partial charge on any atom is 0.254 e. The van der Waals surface area contributed by atoms with Crippen molar-refractivity contribution in [1.29, 1.82) is 0 Å². The number of aryl methyl sites for hydroxylation is 1. The maximum atomic E-state index is 11.5. The molecule has 0 unspecified atom stereocenters. The average molecular weight is 176 g/mol. The summed E-state index contributed by atoms with van der Waals surface area (Å²) in [5, 5.41) is 0. The third-order valence-electron chi connectivity index (χ3n) is 2.28. The Morgan fingerprint density at radius 1 is 1.46 bits per heavy atom. The third kappa shape index (κ3) is 1.41. The summed E-state index contributed by atoms with van der Waals surface area (Å²) >= 11 is 0. The number of nitrogens with zero attached hydrogens (tertiary/aromatic N) is 1. The third-order valence-corrected chi connectivity index (χ3v) is 2.28. The van der Waals surface area contributed by atoms with Crippen molar-refractivity contribution in [2.45, 2.75) is 26.2 Å². The smallest absolute Gasteiger partial charge is 0.254 e. The SMILES string of the molecule is CCc1nc2c(c(=O)[nH]1)CC=CC2. The molecule has 1 aromatic rings. The second-order valence-corrected chi connectivity index (χ2v) is 3.17. The summed E-state index contributed by atoms with van der Waals surface area (Å²) in [6.45, 7) is 1.99. The second kappa shape index (κ2) is 3.17. The molecule has 0 spiro atoms. The molecule has 1 heterocycles. The quantitative estimate of drug-likeness (QED) is 0.648. The van der Waals surface area contributed by atoms with E-state index in [1.54, 1.807) is 0 Å². The van der Waals surface area contributed by atoms with E-state index < -0.39 is 0 Å². The molecule has 0 amide bonds. The first-order chi connectivity index (χ1) is 6.31. The molecule has 1 aromatic heterocycles. The van der Waals surface area contributed by atoms with Crippen molar-refractivity contribution in [3.63, 3.8) is 0 Å². The van der Waals surface area contributed by atoms with Gasteiger partial charge in [0.15, 0.2) is 0 Å². The molecule has 0 atom stereocenters. The van der Waals surface area contributed by atoms with E-state index in [0.717, 1.165) is 36.3 Å². The van der Waals surface area contributed by atoms with E-state index in [4.69, 9.17) is 0 Å². The molecule has 3 nitrogen and oxygen atoms in total.